The summed E-state index contributed by atoms with van der Waals surface area (Å²) >= 11 is 6.00. The summed E-state index contributed by atoms with van der Waals surface area (Å²) in [5.74, 6) is -1.85. The highest BCUT2D eigenvalue weighted by molar-refractivity contribution is 6.39. The summed E-state index contributed by atoms with van der Waals surface area (Å²) in [5.41, 5.74) is 4.19. The first-order valence-electron chi connectivity index (χ1n) is 9.72. The molecule has 33 heavy (non-hydrogen) atoms. The number of amides is 2. The minimum Gasteiger partial charge on any atom is -0.489 e. The zero-order valence-electron chi connectivity index (χ0n) is 17.2. The molecule has 0 saturated carbocycles. The Morgan fingerprint density at radius 2 is 1.85 bits per heavy atom. The molecule has 0 spiro atoms. The van der Waals surface area contributed by atoms with Crippen molar-refractivity contribution in [1.29, 1.82) is 5.26 Å². The Bertz CT molecular complexity index is 1200. The van der Waals surface area contributed by atoms with E-state index in [4.69, 9.17) is 21.6 Å². The van der Waals surface area contributed by atoms with Gasteiger partial charge in [0.05, 0.1) is 23.7 Å². The molecule has 0 saturated heterocycles. The highest BCUT2D eigenvalue weighted by atomic mass is 35.5. The van der Waals surface area contributed by atoms with Crippen LogP contribution in [0.1, 0.15) is 16.7 Å². The maximum absolute atomic E-state index is 13.9. The standard InChI is InChI=1S/C24H18ClFN4O3/c25-21-5-2-6-22(26)20(21)15-33-19-4-1-3-17(13-19)14-28-30-24(32)23(31)29-18-9-7-16(8-10-18)11-12-27/h1-10,13-14H,11,15H2,(H,29,31)(H,30,32)/b28-14+. The molecule has 3 aromatic rings. The fraction of sp³-hybridized carbons (Fsp3) is 0.0833. The molecule has 3 aromatic carbocycles. The van der Waals surface area contributed by atoms with Gasteiger partial charge in [-0.3, -0.25) is 9.59 Å². The van der Waals surface area contributed by atoms with Gasteiger partial charge in [0.15, 0.2) is 0 Å². The first-order valence-corrected chi connectivity index (χ1v) is 10.1. The first-order chi connectivity index (χ1) is 16.0. The number of hydrogen-bond acceptors (Lipinski definition) is 5. The molecule has 166 valence electrons. The SMILES string of the molecule is N#CCc1ccc(NC(=O)C(=O)N/N=C/c2cccc(OCc3c(F)cccc3Cl)c2)cc1. The Labute approximate surface area is 194 Å². The minimum atomic E-state index is -0.950. The molecule has 0 atom stereocenters. The third-order valence-corrected chi connectivity index (χ3v) is 4.74. The normalized spacial score (nSPS) is 10.5. The third-order valence-electron chi connectivity index (χ3n) is 4.38. The maximum atomic E-state index is 13.9. The molecule has 0 heterocycles. The number of nitriles is 1. The molecule has 0 aliphatic carbocycles. The van der Waals surface area contributed by atoms with Crippen LogP contribution in [0.25, 0.3) is 0 Å². The molecule has 2 amide bonds. The molecule has 0 unspecified atom stereocenters. The lowest BCUT2D eigenvalue weighted by atomic mass is 10.1. The number of halogens is 2. The van der Waals surface area contributed by atoms with Crippen molar-refractivity contribution in [2.75, 3.05) is 5.32 Å². The van der Waals surface area contributed by atoms with Gasteiger partial charge >= 0.3 is 11.8 Å². The van der Waals surface area contributed by atoms with Crippen LogP contribution in [-0.4, -0.2) is 18.0 Å². The fourth-order valence-corrected chi connectivity index (χ4v) is 2.93. The Morgan fingerprint density at radius 1 is 1.09 bits per heavy atom. The lowest BCUT2D eigenvalue weighted by Gasteiger charge is -2.09. The van der Waals surface area contributed by atoms with Crippen LogP contribution in [0.5, 0.6) is 5.75 Å². The molecule has 9 heteroatoms. The van der Waals surface area contributed by atoms with Gasteiger partial charge in [-0.05, 0) is 47.5 Å². The van der Waals surface area contributed by atoms with Gasteiger partial charge in [0.25, 0.3) is 0 Å². The van der Waals surface area contributed by atoms with Crippen molar-refractivity contribution < 1.29 is 18.7 Å². The van der Waals surface area contributed by atoms with Gasteiger partial charge in [-0.2, -0.15) is 10.4 Å². The predicted octanol–water partition coefficient (Wildman–Crippen LogP) is 4.21. The van der Waals surface area contributed by atoms with Crippen LogP contribution in [-0.2, 0) is 22.6 Å². The number of anilines is 1. The molecule has 0 fully saturated rings. The molecule has 0 bridgehead atoms. The number of rotatable bonds is 7. The van der Waals surface area contributed by atoms with Gasteiger partial charge in [0.1, 0.15) is 18.2 Å². The topological polar surface area (TPSA) is 104 Å². The Balaban J connectivity index is 1.52. The van der Waals surface area contributed by atoms with E-state index in [9.17, 15) is 14.0 Å². The van der Waals surface area contributed by atoms with Gasteiger partial charge in [0.2, 0.25) is 0 Å². The number of carbonyl (C=O) groups is 2. The average Bonchev–Trinajstić information content (AvgIpc) is 2.80. The van der Waals surface area contributed by atoms with Crippen molar-refractivity contribution in [2.24, 2.45) is 5.10 Å². The number of hydrogen-bond donors (Lipinski definition) is 2. The molecule has 0 aliphatic rings. The van der Waals surface area contributed by atoms with E-state index in [2.05, 4.69) is 15.8 Å². The van der Waals surface area contributed by atoms with Crippen LogP contribution in [0.15, 0.2) is 71.8 Å². The Hall–Kier alpha value is -4.22. The van der Waals surface area contributed by atoms with Crippen molar-refractivity contribution in [3.63, 3.8) is 0 Å². The van der Waals surface area contributed by atoms with Crippen molar-refractivity contribution in [3.05, 3.63) is 94.3 Å². The van der Waals surface area contributed by atoms with E-state index in [1.54, 1.807) is 54.6 Å². The lowest BCUT2D eigenvalue weighted by Crippen LogP contribution is -2.32. The summed E-state index contributed by atoms with van der Waals surface area (Å²) in [6.45, 7) is -0.0551. The van der Waals surface area contributed by atoms with Gasteiger partial charge in [-0.15, -0.1) is 0 Å². The highest BCUT2D eigenvalue weighted by Crippen LogP contribution is 2.21. The largest absolute Gasteiger partial charge is 0.489 e. The minimum absolute atomic E-state index is 0.0551. The van der Waals surface area contributed by atoms with Gasteiger partial charge in [-0.25, -0.2) is 9.82 Å². The van der Waals surface area contributed by atoms with E-state index in [1.807, 2.05) is 6.07 Å². The number of carbonyl (C=O) groups excluding carboxylic acids is 2. The zero-order valence-corrected chi connectivity index (χ0v) is 18.0. The molecule has 3 rings (SSSR count). The van der Waals surface area contributed by atoms with Gasteiger partial charge in [-0.1, -0.05) is 41.9 Å². The second-order valence-corrected chi connectivity index (χ2v) is 7.15. The third kappa shape index (κ3) is 6.89. The van der Waals surface area contributed by atoms with E-state index < -0.39 is 17.6 Å². The Morgan fingerprint density at radius 3 is 2.58 bits per heavy atom. The summed E-state index contributed by atoms with van der Waals surface area (Å²) in [5, 5.41) is 15.2. The summed E-state index contributed by atoms with van der Waals surface area (Å²) in [6, 6.07) is 19.7. The maximum Gasteiger partial charge on any atom is 0.329 e. The van der Waals surface area contributed by atoms with E-state index >= 15 is 0 Å². The van der Waals surface area contributed by atoms with Crippen LogP contribution in [0.2, 0.25) is 5.02 Å². The number of nitrogens with one attached hydrogen (secondary N) is 2. The van der Waals surface area contributed by atoms with Crippen molar-refractivity contribution >= 4 is 35.3 Å². The summed E-state index contributed by atoms with van der Waals surface area (Å²) in [7, 11) is 0. The predicted molar refractivity (Wildman–Crippen MR) is 122 cm³/mol. The van der Waals surface area contributed by atoms with Gasteiger partial charge < -0.3 is 10.1 Å². The fourth-order valence-electron chi connectivity index (χ4n) is 2.71. The van der Waals surface area contributed by atoms with Crippen molar-refractivity contribution in [1.82, 2.24) is 5.43 Å². The monoisotopic (exact) mass is 464 g/mol. The Kier molecular flexibility index (Phi) is 8.11. The number of nitrogens with zero attached hydrogens (tertiary/aromatic N) is 2. The van der Waals surface area contributed by atoms with E-state index in [0.29, 0.717) is 17.0 Å². The molecule has 0 aromatic heterocycles. The smallest absolute Gasteiger partial charge is 0.329 e. The quantitative estimate of drug-likeness (QED) is 0.310. The van der Waals surface area contributed by atoms with Crippen LogP contribution < -0.4 is 15.5 Å². The summed E-state index contributed by atoms with van der Waals surface area (Å²) in [6.07, 6.45) is 1.59. The molecule has 0 aliphatic heterocycles. The first kappa shape index (κ1) is 23.4. The van der Waals surface area contributed by atoms with E-state index in [1.165, 1.54) is 18.3 Å². The number of ether oxygens (including phenoxy) is 1. The second-order valence-electron chi connectivity index (χ2n) is 6.75. The molecular formula is C24H18ClFN4O3. The summed E-state index contributed by atoms with van der Waals surface area (Å²) < 4.78 is 19.5. The van der Waals surface area contributed by atoms with E-state index in [0.717, 1.165) is 5.56 Å². The molecular weight excluding hydrogens is 447 g/mol. The van der Waals surface area contributed by atoms with E-state index in [-0.39, 0.29) is 23.6 Å². The van der Waals surface area contributed by atoms with Crippen molar-refractivity contribution in [2.45, 2.75) is 13.0 Å². The lowest BCUT2D eigenvalue weighted by molar-refractivity contribution is -0.136. The highest BCUT2D eigenvalue weighted by Gasteiger charge is 2.13. The van der Waals surface area contributed by atoms with Crippen LogP contribution in [0.3, 0.4) is 0 Å². The van der Waals surface area contributed by atoms with Crippen LogP contribution in [0, 0.1) is 17.1 Å². The molecule has 0 radical (unpaired) electrons. The molecule has 7 nitrogen and oxygen atoms in total. The molecule has 2 N–H and O–H groups in total. The van der Waals surface area contributed by atoms with Crippen LogP contribution >= 0.6 is 11.6 Å². The average molecular weight is 465 g/mol. The second kappa shape index (κ2) is 11.4. The summed E-state index contributed by atoms with van der Waals surface area (Å²) in [4.78, 5) is 23.9. The zero-order chi connectivity index (χ0) is 23.6. The van der Waals surface area contributed by atoms with Crippen molar-refractivity contribution in [3.8, 4) is 11.8 Å². The number of hydrazone groups is 1. The van der Waals surface area contributed by atoms with Gasteiger partial charge in [0, 0.05) is 11.3 Å². The van der Waals surface area contributed by atoms with Crippen LogP contribution in [0.4, 0.5) is 10.1 Å². The number of benzene rings is 3.